The number of carboxylic acid groups (broad SMARTS) is 1. The van der Waals surface area contributed by atoms with Crippen LogP contribution in [0.3, 0.4) is 0 Å². The normalized spacial score (nSPS) is 19.2. The minimum Gasteiger partial charge on any atom is -0.496 e. The zero-order chi connectivity index (χ0) is 17.2. The van der Waals surface area contributed by atoms with Crippen LogP contribution < -0.4 is 10.1 Å². The molecule has 2 aromatic carbocycles. The van der Waals surface area contributed by atoms with Crippen molar-refractivity contribution in [2.75, 3.05) is 7.11 Å². The minimum atomic E-state index is -1.32. The van der Waals surface area contributed by atoms with E-state index >= 15 is 0 Å². The maximum Gasteiger partial charge on any atom is 0.329 e. The highest BCUT2D eigenvalue weighted by atomic mass is 16.5. The van der Waals surface area contributed by atoms with E-state index in [2.05, 4.69) is 5.32 Å². The van der Waals surface area contributed by atoms with Crippen LogP contribution in [-0.2, 0) is 17.6 Å². The van der Waals surface area contributed by atoms with Gasteiger partial charge in [-0.1, -0.05) is 30.3 Å². The largest absolute Gasteiger partial charge is 0.496 e. The molecule has 1 amide bonds. The molecule has 0 saturated carbocycles. The van der Waals surface area contributed by atoms with Crippen molar-refractivity contribution in [3.8, 4) is 5.75 Å². The van der Waals surface area contributed by atoms with Crippen LogP contribution in [-0.4, -0.2) is 29.6 Å². The Balaban J connectivity index is 1.93. The Hall–Kier alpha value is -2.82. The molecule has 124 valence electrons. The van der Waals surface area contributed by atoms with Crippen molar-refractivity contribution < 1.29 is 19.4 Å². The van der Waals surface area contributed by atoms with Crippen molar-refractivity contribution in [2.45, 2.75) is 24.8 Å². The van der Waals surface area contributed by atoms with Gasteiger partial charge in [-0.15, -0.1) is 0 Å². The maximum atomic E-state index is 12.5. The van der Waals surface area contributed by atoms with Crippen molar-refractivity contribution >= 4 is 11.9 Å². The van der Waals surface area contributed by atoms with E-state index in [4.69, 9.17) is 4.74 Å². The summed E-state index contributed by atoms with van der Waals surface area (Å²) in [4.78, 5) is 24.5. The van der Waals surface area contributed by atoms with Gasteiger partial charge >= 0.3 is 5.97 Å². The zero-order valence-corrected chi connectivity index (χ0v) is 13.4. The topological polar surface area (TPSA) is 75.6 Å². The van der Waals surface area contributed by atoms with Gasteiger partial charge in [0.1, 0.15) is 11.3 Å². The Labute approximate surface area is 140 Å². The second-order valence-electron chi connectivity index (χ2n) is 5.98. The van der Waals surface area contributed by atoms with Crippen molar-refractivity contribution in [1.29, 1.82) is 0 Å². The molecule has 5 nitrogen and oxygen atoms in total. The average molecular weight is 325 g/mol. The van der Waals surface area contributed by atoms with Crippen molar-refractivity contribution in [2.24, 2.45) is 0 Å². The lowest BCUT2D eigenvalue weighted by Crippen LogP contribution is -2.57. The Morgan fingerprint density at radius 2 is 1.88 bits per heavy atom. The first kappa shape index (κ1) is 16.1. The van der Waals surface area contributed by atoms with Crippen molar-refractivity contribution in [1.82, 2.24) is 5.32 Å². The molecule has 1 aliphatic rings. The van der Waals surface area contributed by atoms with Crippen LogP contribution in [0.25, 0.3) is 0 Å². The van der Waals surface area contributed by atoms with Crippen molar-refractivity contribution in [3.05, 3.63) is 65.2 Å². The number of fused-ring (bicyclic) bond motifs is 1. The lowest BCUT2D eigenvalue weighted by atomic mass is 9.77. The van der Waals surface area contributed by atoms with Gasteiger partial charge in [0.05, 0.1) is 7.11 Å². The Kier molecular flexibility index (Phi) is 4.25. The first-order valence-corrected chi connectivity index (χ1v) is 7.81. The quantitative estimate of drug-likeness (QED) is 0.905. The lowest BCUT2D eigenvalue weighted by Gasteiger charge is -2.35. The number of ether oxygens (including phenoxy) is 1. The minimum absolute atomic E-state index is 0.209. The molecule has 1 unspecified atom stereocenters. The van der Waals surface area contributed by atoms with E-state index in [0.29, 0.717) is 24.2 Å². The molecule has 24 heavy (non-hydrogen) atoms. The van der Waals surface area contributed by atoms with Gasteiger partial charge in [-0.3, -0.25) is 4.79 Å². The smallest absolute Gasteiger partial charge is 0.329 e. The summed E-state index contributed by atoms with van der Waals surface area (Å²) < 4.78 is 5.37. The number of carboxylic acids is 1. The van der Waals surface area contributed by atoms with E-state index in [0.717, 1.165) is 11.1 Å². The van der Waals surface area contributed by atoms with Gasteiger partial charge in [-0.2, -0.15) is 0 Å². The zero-order valence-electron chi connectivity index (χ0n) is 13.4. The van der Waals surface area contributed by atoms with Gasteiger partial charge < -0.3 is 15.2 Å². The SMILES string of the molecule is COc1cccc2c1CC(NC(=O)c1ccccc1)(C(=O)O)CC2. The first-order chi connectivity index (χ1) is 11.6. The predicted molar refractivity (Wildman–Crippen MR) is 89.3 cm³/mol. The molecule has 0 heterocycles. The molecule has 0 aromatic heterocycles. The number of amides is 1. The summed E-state index contributed by atoms with van der Waals surface area (Å²) in [5.74, 6) is -0.744. The number of methoxy groups -OCH3 is 1. The van der Waals surface area contributed by atoms with Crippen LogP contribution in [0.2, 0.25) is 0 Å². The monoisotopic (exact) mass is 325 g/mol. The standard InChI is InChI=1S/C19H19NO4/c1-24-16-9-5-8-13-10-11-19(18(22)23,12-15(13)16)20-17(21)14-6-3-2-4-7-14/h2-9H,10-12H2,1H3,(H,20,21)(H,22,23). The molecule has 1 aliphatic carbocycles. The summed E-state index contributed by atoms with van der Waals surface area (Å²) >= 11 is 0. The Bertz CT molecular complexity index is 758. The number of rotatable bonds is 4. The summed E-state index contributed by atoms with van der Waals surface area (Å²) in [6.45, 7) is 0. The summed E-state index contributed by atoms with van der Waals surface area (Å²) in [7, 11) is 1.56. The van der Waals surface area contributed by atoms with Crippen LogP contribution in [0.4, 0.5) is 0 Å². The molecule has 0 fully saturated rings. The van der Waals surface area contributed by atoms with E-state index in [1.807, 2.05) is 24.3 Å². The predicted octanol–water partition coefficient (Wildman–Crippen LogP) is 2.44. The lowest BCUT2D eigenvalue weighted by molar-refractivity contribution is -0.145. The number of aliphatic carboxylic acids is 1. The maximum absolute atomic E-state index is 12.5. The molecule has 0 spiro atoms. The van der Waals surface area contributed by atoms with Crippen LogP contribution in [0, 0.1) is 0 Å². The summed E-state index contributed by atoms with van der Waals surface area (Å²) in [6, 6.07) is 14.3. The van der Waals surface area contributed by atoms with Crippen LogP contribution in [0.15, 0.2) is 48.5 Å². The second kappa shape index (κ2) is 6.35. The van der Waals surface area contributed by atoms with Crippen LogP contribution >= 0.6 is 0 Å². The van der Waals surface area contributed by atoms with E-state index in [-0.39, 0.29) is 12.3 Å². The third-order valence-corrected chi connectivity index (χ3v) is 4.55. The van der Waals surface area contributed by atoms with Gasteiger partial charge in [-0.05, 0) is 36.6 Å². The number of aryl methyl sites for hydroxylation is 1. The Morgan fingerprint density at radius 1 is 1.12 bits per heavy atom. The van der Waals surface area contributed by atoms with E-state index in [1.165, 1.54) is 0 Å². The first-order valence-electron chi connectivity index (χ1n) is 7.81. The number of nitrogens with one attached hydrogen (secondary N) is 1. The highest BCUT2D eigenvalue weighted by molar-refractivity contribution is 5.98. The van der Waals surface area contributed by atoms with Gasteiger partial charge in [-0.25, -0.2) is 4.79 Å². The molecule has 0 saturated heterocycles. The van der Waals surface area contributed by atoms with Gasteiger partial charge in [0.2, 0.25) is 0 Å². The van der Waals surface area contributed by atoms with Crippen LogP contribution in [0.5, 0.6) is 5.75 Å². The number of hydrogen-bond donors (Lipinski definition) is 2. The van der Waals surface area contributed by atoms with Gasteiger partial charge in [0.15, 0.2) is 0 Å². The highest BCUT2D eigenvalue weighted by Crippen LogP contribution is 2.35. The van der Waals surface area contributed by atoms with E-state index in [9.17, 15) is 14.7 Å². The molecule has 2 N–H and O–H groups in total. The third-order valence-electron chi connectivity index (χ3n) is 4.55. The molecule has 0 bridgehead atoms. The molecule has 2 aromatic rings. The average Bonchev–Trinajstić information content (AvgIpc) is 2.61. The fraction of sp³-hybridized carbons (Fsp3) is 0.263. The fourth-order valence-corrected chi connectivity index (χ4v) is 3.20. The highest BCUT2D eigenvalue weighted by Gasteiger charge is 2.43. The summed E-state index contributed by atoms with van der Waals surface area (Å²) in [5, 5.41) is 12.6. The molecule has 3 rings (SSSR count). The second-order valence-corrected chi connectivity index (χ2v) is 5.98. The molecule has 5 heteroatoms. The number of carbonyl (C=O) groups excluding carboxylic acids is 1. The fourth-order valence-electron chi connectivity index (χ4n) is 3.20. The Morgan fingerprint density at radius 3 is 2.54 bits per heavy atom. The van der Waals surface area contributed by atoms with Gasteiger partial charge in [0, 0.05) is 17.5 Å². The van der Waals surface area contributed by atoms with E-state index < -0.39 is 11.5 Å². The molecule has 0 radical (unpaired) electrons. The van der Waals surface area contributed by atoms with Crippen LogP contribution in [0.1, 0.15) is 27.9 Å². The van der Waals surface area contributed by atoms with Gasteiger partial charge in [0.25, 0.3) is 5.91 Å². The number of carbonyl (C=O) groups is 2. The third kappa shape index (κ3) is 2.85. The number of hydrogen-bond acceptors (Lipinski definition) is 3. The van der Waals surface area contributed by atoms with Crippen molar-refractivity contribution in [3.63, 3.8) is 0 Å². The van der Waals surface area contributed by atoms with E-state index in [1.54, 1.807) is 31.4 Å². The summed E-state index contributed by atoms with van der Waals surface area (Å²) in [5.41, 5.74) is 1.04. The molecular formula is C19H19NO4. The molecule has 1 atom stereocenters. The molecular weight excluding hydrogens is 306 g/mol. The molecule has 0 aliphatic heterocycles. The summed E-state index contributed by atoms with van der Waals surface area (Å²) in [6.07, 6.45) is 1.13. The number of benzene rings is 2.